The molecule has 1 atom stereocenters. The summed E-state index contributed by atoms with van der Waals surface area (Å²) in [5.41, 5.74) is 2.31. The molecule has 1 unspecified atom stereocenters. The van der Waals surface area contributed by atoms with E-state index in [1.807, 2.05) is 13.2 Å². The van der Waals surface area contributed by atoms with Crippen LogP contribution in [-0.2, 0) is 12.8 Å². The van der Waals surface area contributed by atoms with Crippen molar-refractivity contribution in [3.8, 4) is 0 Å². The van der Waals surface area contributed by atoms with Crippen molar-refractivity contribution < 1.29 is 8.78 Å². The van der Waals surface area contributed by atoms with Gasteiger partial charge >= 0.3 is 0 Å². The topological polar surface area (TPSA) is 24.9 Å². The predicted molar refractivity (Wildman–Crippen MR) is 68.7 cm³/mol. The average molecular weight is 268 g/mol. The number of aromatic nitrogens is 1. The van der Waals surface area contributed by atoms with E-state index in [2.05, 4.69) is 10.3 Å². The highest BCUT2D eigenvalue weighted by Gasteiger charge is 2.12. The van der Waals surface area contributed by atoms with Gasteiger partial charge < -0.3 is 5.32 Å². The Morgan fingerprint density at radius 2 is 2.17 bits per heavy atom. The minimum absolute atomic E-state index is 0.116. The van der Waals surface area contributed by atoms with Gasteiger partial charge in [-0.25, -0.2) is 8.78 Å². The lowest BCUT2D eigenvalue weighted by Gasteiger charge is -2.15. The molecule has 0 amide bonds. The van der Waals surface area contributed by atoms with Gasteiger partial charge in [-0.3, -0.25) is 4.98 Å². The molecule has 96 valence electrons. The van der Waals surface area contributed by atoms with Gasteiger partial charge in [0, 0.05) is 23.2 Å². The maximum absolute atomic E-state index is 13.5. The van der Waals surface area contributed by atoms with Gasteiger partial charge in [0.15, 0.2) is 0 Å². The van der Waals surface area contributed by atoms with Crippen LogP contribution in [0.2, 0.25) is 0 Å². The fourth-order valence-electron chi connectivity index (χ4n) is 1.81. The van der Waals surface area contributed by atoms with E-state index in [0.29, 0.717) is 12.0 Å². The minimum atomic E-state index is -0.542. The van der Waals surface area contributed by atoms with E-state index in [1.165, 1.54) is 12.1 Å². The first-order valence-corrected chi connectivity index (χ1v) is 6.55. The van der Waals surface area contributed by atoms with E-state index in [9.17, 15) is 8.78 Å². The van der Waals surface area contributed by atoms with Crippen LogP contribution in [0.5, 0.6) is 0 Å². The fraction of sp³-hybridized carbons (Fsp3) is 0.308. The van der Waals surface area contributed by atoms with Crippen LogP contribution in [0.1, 0.15) is 10.4 Å². The smallest absolute Gasteiger partial charge is 0.129 e. The first-order chi connectivity index (χ1) is 8.69. The first kappa shape index (κ1) is 13.1. The molecule has 0 fully saturated rings. The Bertz CT molecular complexity index is 500. The summed E-state index contributed by atoms with van der Waals surface area (Å²) in [6.45, 7) is 0. The molecule has 2 nitrogen and oxygen atoms in total. The molecule has 0 aliphatic carbocycles. The van der Waals surface area contributed by atoms with Gasteiger partial charge in [-0.1, -0.05) is 6.07 Å². The van der Waals surface area contributed by atoms with E-state index in [0.717, 1.165) is 17.4 Å². The van der Waals surface area contributed by atoms with Crippen molar-refractivity contribution in [3.05, 3.63) is 52.0 Å². The molecule has 1 aromatic heterocycles. The third kappa shape index (κ3) is 3.34. The van der Waals surface area contributed by atoms with Gasteiger partial charge in [-0.15, -0.1) is 11.3 Å². The number of hydrogen-bond donors (Lipinski definition) is 1. The molecule has 2 aromatic rings. The molecule has 0 bridgehead atoms. The van der Waals surface area contributed by atoms with Gasteiger partial charge in [0.25, 0.3) is 0 Å². The van der Waals surface area contributed by atoms with Gasteiger partial charge in [0.2, 0.25) is 0 Å². The monoisotopic (exact) mass is 268 g/mol. The fourth-order valence-corrected chi connectivity index (χ4v) is 2.49. The highest BCUT2D eigenvalue weighted by atomic mass is 32.1. The van der Waals surface area contributed by atoms with Crippen LogP contribution in [0, 0.1) is 11.6 Å². The molecule has 1 heterocycles. The van der Waals surface area contributed by atoms with E-state index in [1.54, 1.807) is 16.8 Å². The van der Waals surface area contributed by atoms with Crippen LogP contribution in [0.25, 0.3) is 0 Å². The van der Waals surface area contributed by atoms with Crippen molar-refractivity contribution >= 4 is 11.3 Å². The number of rotatable bonds is 5. The second-order valence-corrected chi connectivity index (χ2v) is 5.07. The third-order valence-electron chi connectivity index (χ3n) is 2.82. The number of halogens is 2. The maximum atomic E-state index is 13.5. The molecule has 0 saturated heterocycles. The van der Waals surface area contributed by atoms with Gasteiger partial charge in [0.05, 0.1) is 5.51 Å². The van der Waals surface area contributed by atoms with E-state index in [4.69, 9.17) is 0 Å². The number of likely N-dealkylation sites (N-methyl/N-ethyl adjacent to an activating group) is 1. The van der Waals surface area contributed by atoms with Crippen molar-refractivity contribution in [2.24, 2.45) is 0 Å². The first-order valence-electron chi connectivity index (χ1n) is 5.67. The quantitative estimate of drug-likeness (QED) is 0.902. The van der Waals surface area contributed by atoms with Crippen molar-refractivity contribution in [1.82, 2.24) is 10.3 Å². The van der Waals surface area contributed by atoms with Crippen molar-refractivity contribution in [1.29, 1.82) is 0 Å². The Hall–Kier alpha value is -1.33. The molecule has 0 spiro atoms. The van der Waals surface area contributed by atoms with Crippen LogP contribution in [0.3, 0.4) is 0 Å². The lowest BCUT2D eigenvalue weighted by atomic mass is 10.0. The summed E-state index contributed by atoms with van der Waals surface area (Å²) in [5.74, 6) is -1.03. The Balaban J connectivity index is 2.05. The summed E-state index contributed by atoms with van der Waals surface area (Å²) in [5, 5.41) is 3.15. The van der Waals surface area contributed by atoms with Gasteiger partial charge in [-0.2, -0.15) is 0 Å². The number of hydrogen-bond acceptors (Lipinski definition) is 3. The van der Waals surface area contributed by atoms with Crippen LogP contribution < -0.4 is 5.32 Å². The number of nitrogens with zero attached hydrogens (tertiary/aromatic N) is 1. The van der Waals surface area contributed by atoms with Crippen molar-refractivity contribution in [2.75, 3.05) is 7.05 Å². The zero-order valence-corrected chi connectivity index (χ0v) is 10.8. The maximum Gasteiger partial charge on any atom is 0.129 e. The molecule has 1 N–H and O–H groups in total. The number of nitrogens with one attached hydrogen (secondary N) is 1. The SMILES string of the molecule is CNC(Cc1cncs1)Cc1ccc(F)cc1F. The molecule has 5 heteroatoms. The molecule has 1 aromatic carbocycles. The molecule has 18 heavy (non-hydrogen) atoms. The molecule has 0 radical (unpaired) electrons. The van der Waals surface area contributed by atoms with E-state index in [-0.39, 0.29) is 6.04 Å². The summed E-state index contributed by atoms with van der Waals surface area (Å²) in [6.07, 6.45) is 3.13. The second kappa shape index (κ2) is 6.02. The highest BCUT2D eigenvalue weighted by Crippen LogP contribution is 2.15. The predicted octanol–water partition coefficient (Wildman–Crippen LogP) is 2.79. The summed E-state index contributed by atoms with van der Waals surface area (Å²) < 4.78 is 26.4. The Kier molecular flexibility index (Phi) is 4.38. The Labute approximate surface area is 109 Å². The van der Waals surface area contributed by atoms with Crippen molar-refractivity contribution in [2.45, 2.75) is 18.9 Å². The zero-order chi connectivity index (χ0) is 13.0. The second-order valence-electron chi connectivity index (χ2n) is 4.10. The normalized spacial score (nSPS) is 12.6. The van der Waals surface area contributed by atoms with Gasteiger partial charge in [0.1, 0.15) is 11.6 Å². The van der Waals surface area contributed by atoms with Crippen LogP contribution in [0.4, 0.5) is 8.78 Å². The van der Waals surface area contributed by atoms with E-state index < -0.39 is 11.6 Å². The number of benzene rings is 1. The molecule has 0 saturated carbocycles. The van der Waals surface area contributed by atoms with Crippen molar-refractivity contribution in [3.63, 3.8) is 0 Å². The number of thiazole rings is 1. The van der Waals surface area contributed by atoms with Gasteiger partial charge in [-0.05, 0) is 31.5 Å². The standard InChI is InChI=1S/C13H14F2N2S/c1-16-11(6-12-7-17-8-18-12)4-9-2-3-10(14)5-13(9)15/h2-3,5,7-8,11,16H,4,6H2,1H3. The Morgan fingerprint density at radius 1 is 1.33 bits per heavy atom. The molecule has 0 aliphatic heterocycles. The molecule has 0 aliphatic rings. The summed E-state index contributed by atoms with van der Waals surface area (Å²) >= 11 is 1.58. The minimum Gasteiger partial charge on any atom is -0.316 e. The summed E-state index contributed by atoms with van der Waals surface area (Å²) in [4.78, 5) is 5.16. The lowest BCUT2D eigenvalue weighted by molar-refractivity contribution is 0.526. The average Bonchev–Trinajstić information content (AvgIpc) is 2.84. The van der Waals surface area contributed by atoms with Crippen LogP contribution in [0.15, 0.2) is 29.9 Å². The van der Waals surface area contributed by atoms with Crippen LogP contribution >= 0.6 is 11.3 Å². The summed E-state index contributed by atoms with van der Waals surface area (Å²) in [6, 6.07) is 3.83. The molecular weight excluding hydrogens is 254 g/mol. The molecular formula is C13H14F2N2S. The zero-order valence-electron chi connectivity index (χ0n) is 9.99. The Morgan fingerprint density at radius 3 is 2.78 bits per heavy atom. The summed E-state index contributed by atoms with van der Waals surface area (Å²) in [7, 11) is 1.84. The lowest BCUT2D eigenvalue weighted by Crippen LogP contribution is -2.30. The van der Waals surface area contributed by atoms with E-state index >= 15 is 0 Å². The highest BCUT2D eigenvalue weighted by molar-refractivity contribution is 7.09. The van der Waals surface area contributed by atoms with Crippen LogP contribution in [-0.4, -0.2) is 18.1 Å². The molecule has 2 rings (SSSR count). The largest absolute Gasteiger partial charge is 0.316 e. The third-order valence-corrected chi connectivity index (χ3v) is 3.62.